The summed E-state index contributed by atoms with van der Waals surface area (Å²) in [6, 6.07) is 5.01. The second-order valence-corrected chi connectivity index (χ2v) is 7.42. The third-order valence-electron chi connectivity index (χ3n) is 5.86. The monoisotopic (exact) mass is 379 g/mol. The Labute approximate surface area is 159 Å². The molecule has 0 amide bonds. The summed E-state index contributed by atoms with van der Waals surface area (Å²) >= 11 is 0. The quantitative estimate of drug-likeness (QED) is 0.514. The van der Waals surface area contributed by atoms with Crippen molar-refractivity contribution in [3.8, 4) is 11.4 Å². The number of hydrogen-bond acceptors (Lipinski definition) is 5. The normalized spacial score (nSPS) is 17.3. The summed E-state index contributed by atoms with van der Waals surface area (Å²) in [7, 11) is 0. The van der Waals surface area contributed by atoms with Crippen LogP contribution in [0.5, 0.6) is 0 Å². The molecule has 1 aromatic carbocycles. The number of cyclic esters (lactones) is 1. The number of pyridine rings is 2. The molecule has 2 aliphatic heterocycles. The first-order valence-electron chi connectivity index (χ1n) is 9.16. The third kappa shape index (κ3) is 2.13. The van der Waals surface area contributed by atoms with Gasteiger partial charge in [-0.3, -0.25) is 9.59 Å². The molecule has 3 aromatic rings. The standard InChI is InChI=1S/C21H18FN3O3/c1-9-3-12-13(6-23)14-7-25-18(19(14)24-17(12)5-16(9)22)4-11-10(2)21(27)28-8-15(11)20(25)26/h3-5,10H,6-8,23H2,1-2H3. The maximum absolute atomic E-state index is 14.1. The fraction of sp³-hybridized carbons (Fsp3) is 0.286. The number of carbonyl (C=O) groups excluding carboxylic acids is 1. The number of nitrogens with zero attached hydrogens (tertiary/aromatic N) is 2. The van der Waals surface area contributed by atoms with Gasteiger partial charge in [-0.05, 0) is 42.7 Å². The van der Waals surface area contributed by atoms with Crippen molar-refractivity contribution in [2.75, 3.05) is 0 Å². The van der Waals surface area contributed by atoms with Crippen molar-refractivity contribution >= 4 is 16.9 Å². The predicted octanol–water partition coefficient (Wildman–Crippen LogP) is 2.49. The Morgan fingerprint density at radius 1 is 1.29 bits per heavy atom. The highest BCUT2D eigenvalue weighted by Gasteiger charge is 2.33. The molecule has 0 fully saturated rings. The minimum atomic E-state index is -0.513. The Morgan fingerprint density at radius 3 is 2.82 bits per heavy atom. The Balaban J connectivity index is 1.84. The van der Waals surface area contributed by atoms with Crippen LogP contribution >= 0.6 is 0 Å². The number of benzene rings is 1. The Kier molecular flexibility index (Phi) is 3.49. The van der Waals surface area contributed by atoms with Gasteiger partial charge >= 0.3 is 5.97 Å². The van der Waals surface area contributed by atoms with Crippen molar-refractivity contribution in [2.24, 2.45) is 5.73 Å². The zero-order valence-corrected chi connectivity index (χ0v) is 15.5. The second-order valence-electron chi connectivity index (χ2n) is 7.42. The van der Waals surface area contributed by atoms with E-state index in [4.69, 9.17) is 10.5 Å². The zero-order valence-electron chi connectivity index (χ0n) is 15.5. The molecule has 0 bridgehead atoms. The summed E-state index contributed by atoms with van der Waals surface area (Å²) in [6.45, 7) is 4.02. The van der Waals surface area contributed by atoms with E-state index in [-0.39, 0.29) is 30.5 Å². The number of nitrogens with two attached hydrogens (primary N) is 1. The number of rotatable bonds is 1. The summed E-state index contributed by atoms with van der Waals surface area (Å²) in [6.07, 6.45) is 0. The first-order chi connectivity index (χ1) is 13.4. The lowest BCUT2D eigenvalue weighted by Gasteiger charge is -2.22. The van der Waals surface area contributed by atoms with Crippen LogP contribution in [-0.2, 0) is 29.2 Å². The maximum atomic E-state index is 14.1. The lowest BCUT2D eigenvalue weighted by molar-refractivity contribution is -0.147. The molecule has 7 heteroatoms. The third-order valence-corrected chi connectivity index (χ3v) is 5.86. The molecule has 2 aliphatic rings. The van der Waals surface area contributed by atoms with Crippen LogP contribution in [0.3, 0.4) is 0 Å². The van der Waals surface area contributed by atoms with Gasteiger partial charge in [0.1, 0.15) is 12.4 Å². The fourth-order valence-corrected chi connectivity index (χ4v) is 4.26. The van der Waals surface area contributed by atoms with E-state index in [1.807, 2.05) is 6.07 Å². The first-order valence-corrected chi connectivity index (χ1v) is 9.16. The van der Waals surface area contributed by atoms with E-state index in [1.165, 1.54) is 6.07 Å². The largest absolute Gasteiger partial charge is 0.460 e. The van der Waals surface area contributed by atoms with Gasteiger partial charge in [0.2, 0.25) is 0 Å². The Morgan fingerprint density at radius 2 is 2.07 bits per heavy atom. The van der Waals surface area contributed by atoms with Crippen LogP contribution < -0.4 is 11.3 Å². The number of fused-ring (bicyclic) bond motifs is 5. The summed E-state index contributed by atoms with van der Waals surface area (Å²) < 4.78 is 20.9. The van der Waals surface area contributed by atoms with E-state index < -0.39 is 5.92 Å². The van der Waals surface area contributed by atoms with Crippen molar-refractivity contribution in [2.45, 2.75) is 39.5 Å². The van der Waals surface area contributed by atoms with Crippen LogP contribution in [0, 0.1) is 12.7 Å². The molecule has 0 saturated heterocycles. The molecule has 0 spiro atoms. The van der Waals surface area contributed by atoms with Gasteiger partial charge in [0, 0.05) is 23.6 Å². The lowest BCUT2D eigenvalue weighted by Crippen LogP contribution is -2.31. The van der Waals surface area contributed by atoms with Gasteiger partial charge in [0.25, 0.3) is 5.56 Å². The van der Waals surface area contributed by atoms with Gasteiger partial charge in [0.05, 0.1) is 34.9 Å². The molecule has 4 heterocycles. The average Bonchev–Trinajstić information content (AvgIpc) is 3.03. The van der Waals surface area contributed by atoms with Crippen LogP contribution in [0.1, 0.15) is 40.7 Å². The van der Waals surface area contributed by atoms with E-state index in [0.717, 1.165) is 16.5 Å². The summed E-state index contributed by atoms with van der Waals surface area (Å²) in [5.41, 5.74) is 11.1. The van der Waals surface area contributed by atoms with Crippen LogP contribution in [0.25, 0.3) is 22.3 Å². The van der Waals surface area contributed by atoms with Gasteiger partial charge in [-0.15, -0.1) is 0 Å². The summed E-state index contributed by atoms with van der Waals surface area (Å²) in [5, 5.41) is 0.803. The molecule has 2 N–H and O–H groups in total. The molecule has 0 saturated carbocycles. The van der Waals surface area contributed by atoms with E-state index in [0.29, 0.717) is 40.1 Å². The van der Waals surface area contributed by atoms with Crippen molar-refractivity contribution in [1.82, 2.24) is 9.55 Å². The fourth-order valence-electron chi connectivity index (χ4n) is 4.26. The second kappa shape index (κ2) is 5.72. The zero-order chi connectivity index (χ0) is 19.7. The Hall–Kier alpha value is -3.06. The maximum Gasteiger partial charge on any atom is 0.313 e. The molecule has 28 heavy (non-hydrogen) atoms. The van der Waals surface area contributed by atoms with E-state index >= 15 is 0 Å². The Bertz CT molecular complexity index is 1260. The van der Waals surface area contributed by atoms with Crippen LogP contribution in [0.15, 0.2) is 23.0 Å². The number of aromatic nitrogens is 2. The number of halogens is 1. The van der Waals surface area contributed by atoms with E-state index in [1.54, 1.807) is 24.5 Å². The smallest absolute Gasteiger partial charge is 0.313 e. The van der Waals surface area contributed by atoms with E-state index in [9.17, 15) is 14.0 Å². The van der Waals surface area contributed by atoms with Gasteiger partial charge in [0.15, 0.2) is 0 Å². The minimum Gasteiger partial charge on any atom is -0.460 e. The highest BCUT2D eigenvalue weighted by atomic mass is 19.1. The van der Waals surface area contributed by atoms with Gasteiger partial charge in [-0.2, -0.15) is 0 Å². The number of hydrogen-bond donors (Lipinski definition) is 1. The molecule has 5 rings (SSSR count). The molecular formula is C21H18FN3O3. The molecule has 0 radical (unpaired) electrons. The van der Waals surface area contributed by atoms with Gasteiger partial charge < -0.3 is 15.0 Å². The molecule has 2 aromatic heterocycles. The van der Waals surface area contributed by atoms with Gasteiger partial charge in [-0.25, -0.2) is 9.37 Å². The summed E-state index contributed by atoms with van der Waals surface area (Å²) in [5.74, 6) is -1.19. The predicted molar refractivity (Wildman–Crippen MR) is 101 cm³/mol. The van der Waals surface area contributed by atoms with Crippen molar-refractivity contribution < 1.29 is 13.9 Å². The molecule has 1 atom stereocenters. The van der Waals surface area contributed by atoms with Crippen molar-refractivity contribution in [1.29, 1.82) is 0 Å². The number of aryl methyl sites for hydroxylation is 1. The molecule has 1 unspecified atom stereocenters. The number of carbonyl (C=O) groups is 1. The van der Waals surface area contributed by atoms with Crippen molar-refractivity contribution in [3.05, 3.63) is 62.2 Å². The molecule has 0 aliphatic carbocycles. The highest BCUT2D eigenvalue weighted by Crippen LogP contribution is 2.38. The highest BCUT2D eigenvalue weighted by molar-refractivity contribution is 5.89. The van der Waals surface area contributed by atoms with Crippen LogP contribution in [0.2, 0.25) is 0 Å². The number of ether oxygens (including phenoxy) is 1. The van der Waals surface area contributed by atoms with E-state index in [2.05, 4.69) is 4.98 Å². The SMILES string of the molecule is Cc1cc2c(CN)c3c(nc2cc1F)-c1cc2c(c(=O)n1C3)COC(=O)C2C. The topological polar surface area (TPSA) is 87.2 Å². The van der Waals surface area contributed by atoms with Crippen LogP contribution in [0.4, 0.5) is 4.39 Å². The first kappa shape index (κ1) is 17.1. The molecular weight excluding hydrogens is 361 g/mol. The number of esters is 1. The molecule has 6 nitrogen and oxygen atoms in total. The average molecular weight is 379 g/mol. The van der Waals surface area contributed by atoms with Gasteiger partial charge in [-0.1, -0.05) is 0 Å². The van der Waals surface area contributed by atoms with Crippen molar-refractivity contribution in [3.63, 3.8) is 0 Å². The van der Waals surface area contributed by atoms with Crippen LogP contribution in [-0.4, -0.2) is 15.5 Å². The molecule has 142 valence electrons. The lowest BCUT2D eigenvalue weighted by atomic mass is 9.93. The summed E-state index contributed by atoms with van der Waals surface area (Å²) in [4.78, 5) is 29.7. The minimum absolute atomic E-state index is 0.0163.